The third kappa shape index (κ3) is 6.15. The molecule has 6 heteroatoms. The molecule has 2 aromatic carbocycles. The molecule has 28 heavy (non-hydrogen) atoms. The quantitative estimate of drug-likeness (QED) is 0.435. The number of carbonyl (C=O) groups is 1. The lowest BCUT2D eigenvalue weighted by Crippen LogP contribution is -2.25. The second-order valence-corrected chi connectivity index (χ2v) is 6.74. The second-order valence-electron chi connectivity index (χ2n) is 6.74. The van der Waals surface area contributed by atoms with E-state index in [0.717, 1.165) is 29.9 Å². The van der Waals surface area contributed by atoms with E-state index in [9.17, 15) is 18.0 Å². The molecule has 3 nitrogen and oxygen atoms in total. The van der Waals surface area contributed by atoms with Crippen molar-refractivity contribution in [2.45, 2.75) is 19.5 Å². The molecule has 0 aliphatic rings. The third-order valence-corrected chi connectivity index (χ3v) is 4.52. The Labute approximate surface area is 163 Å². The standard InChI is InChI=1S/C22H24F3NO2/c1-16(17(2)15-26(3)20-10-5-4-6-11-20)12-13-28-21(27)18-8-7-9-19(14-18)22(23,24)25/h4-11,14,17H,1,12-13,15H2,2-3H3. The van der Waals surface area contributed by atoms with Gasteiger partial charge < -0.3 is 9.64 Å². The molecule has 0 saturated heterocycles. The van der Waals surface area contributed by atoms with Crippen LogP contribution in [0.5, 0.6) is 0 Å². The van der Waals surface area contributed by atoms with Gasteiger partial charge in [0.1, 0.15) is 0 Å². The number of anilines is 1. The Balaban J connectivity index is 1.82. The Hall–Kier alpha value is -2.76. The Morgan fingerprint density at radius 1 is 1.14 bits per heavy atom. The number of rotatable bonds is 8. The van der Waals surface area contributed by atoms with Crippen LogP contribution < -0.4 is 4.90 Å². The number of para-hydroxylation sites is 1. The maximum Gasteiger partial charge on any atom is 0.416 e. The minimum Gasteiger partial charge on any atom is -0.462 e. The van der Waals surface area contributed by atoms with Crippen LogP contribution in [0.15, 0.2) is 66.7 Å². The van der Waals surface area contributed by atoms with Gasteiger partial charge in [0.05, 0.1) is 17.7 Å². The summed E-state index contributed by atoms with van der Waals surface area (Å²) in [5.74, 6) is -0.606. The molecule has 0 radical (unpaired) electrons. The van der Waals surface area contributed by atoms with Gasteiger partial charge in [0.15, 0.2) is 0 Å². The molecule has 2 aromatic rings. The van der Waals surface area contributed by atoms with Gasteiger partial charge in [-0.25, -0.2) is 4.79 Å². The highest BCUT2D eigenvalue weighted by Gasteiger charge is 2.31. The van der Waals surface area contributed by atoms with Gasteiger partial charge >= 0.3 is 12.1 Å². The molecule has 0 fully saturated rings. The van der Waals surface area contributed by atoms with Crippen molar-refractivity contribution in [3.05, 3.63) is 77.9 Å². The van der Waals surface area contributed by atoms with Crippen LogP contribution in [-0.4, -0.2) is 26.2 Å². The van der Waals surface area contributed by atoms with E-state index >= 15 is 0 Å². The number of esters is 1. The monoisotopic (exact) mass is 391 g/mol. The molecule has 1 unspecified atom stereocenters. The van der Waals surface area contributed by atoms with Gasteiger partial charge in [0, 0.05) is 25.7 Å². The van der Waals surface area contributed by atoms with Crippen molar-refractivity contribution in [2.24, 2.45) is 5.92 Å². The number of ether oxygens (including phenoxy) is 1. The molecule has 0 heterocycles. The molecular weight excluding hydrogens is 367 g/mol. The smallest absolute Gasteiger partial charge is 0.416 e. The molecule has 0 amide bonds. The molecule has 0 aliphatic heterocycles. The number of halogens is 3. The number of hydrogen-bond donors (Lipinski definition) is 0. The van der Waals surface area contributed by atoms with Crippen molar-refractivity contribution in [2.75, 3.05) is 25.1 Å². The number of hydrogen-bond acceptors (Lipinski definition) is 3. The van der Waals surface area contributed by atoms with Crippen molar-refractivity contribution >= 4 is 11.7 Å². The SMILES string of the molecule is C=C(CCOC(=O)c1cccc(C(F)(F)F)c1)C(C)CN(C)c1ccccc1. The van der Waals surface area contributed by atoms with Crippen LogP contribution in [0.2, 0.25) is 0 Å². The molecule has 0 bridgehead atoms. The molecule has 0 N–H and O–H groups in total. The second kappa shape index (κ2) is 9.44. The van der Waals surface area contributed by atoms with Crippen LogP contribution in [0.25, 0.3) is 0 Å². The summed E-state index contributed by atoms with van der Waals surface area (Å²) >= 11 is 0. The van der Waals surface area contributed by atoms with Gasteiger partial charge in [-0.2, -0.15) is 13.2 Å². The summed E-state index contributed by atoms with van der Waals surface area (Å²) in [5.41, 5.74) is 1.03. The fourth-order valence-corrected chi connectivity index (χ4v) is 2.75. The van der Waals surface area contributed by atoms with Crippen LogP contribution >= 0.6 is 0 Å². The minimum absolute atomic E-state index is 0.0767. The van der Waals surface area contributed by atoms with Crippen LogP contribution in [0.1, 0.15) is 29.3 Å². The maximum atomic E-state index is 12.7. The van der Waals surface area contributed by atoms with Crippen molar-refractivity contribution in [1.29, 1.82) is 0 Å². The number of benzene rings is 2. The van der Waals surface area contributed by atoms with Gasteiger partial charge in [0.25, 0.3) is 0 Å². The van der Waals surface area contributed by atoms with E-state index in [1.165, 1.54) is 12.1 Å². The first-order valence-corrected chi connectivity index (χ1v) is 8.96. The van der Waals surface area contributed by atoms with E-state index < -0.39 is 17.7 Å². The summed E-state index contributed by atoms with van der Waals surface area (Å²) in [6.07, 6.45) is -4.04. The Kier molecular flexibility index (Phi) is 7.26. The van der Waals surface area contributed by atoms with Crippen molar-refractivity contribution in [3.63, 3.8) is 0 Å². The van der Waals surface area contributed by atoms with Crippen LogP contribution in [-0.2, 0) is 10.9 Å². The predicted molar refractivity (Wildman–Crippen MR) is 104 cm³/mol. The minimum atomic E-state index is -4.50. The zero-order valence-electron chi connectivity index (χ0n) is 16.0. The summed E-state index contributed by atoms with van der Waals surface area (Å²) in [4.78, 5) is 14.1. The molecule has 0 saturated carbocycles. The van der Waals surface area contributed by atoms with Gasteiger partial charge in [-0.05, 0) is 36.2 Å². The Morgan fingerprint density at radius 3 is 2.46 bits per heavy atom. The fourth-order valence-electron chi connectivity index (χ4n) is 2.75. The largest absolute Gasteiger partial charge is 0.462 e. The van der Waals surface area contributed by atoms with Gasteiger partial charge in [-0.15, -0.1) is 0 Å². The highest BCUT2D eigenvalue weighted by atomic mass is 19.4. The maximum absolute atomic E-state index is 12.7. The van der Waals surface area contributed by atoms with E-state index in [-0.39, 0.29) is 18.1 Å². The first-order chi connectivity index (χ1) is 13.2. The molecule has 0 aliphatic carbocycles. The zero-order chi connectivity index (χ0) is 20.7. The molecular formula is C22H24F3NO2. The Bertz CT molecular complexity index is 803. The van der Waals surface area contributed by atoms with Gasteiger partial charge in [0.2, 0.25) is 0 Å². The lowest BCUT2D eigenvalue weighted by molar-refractivity contribution is -0.137. The molecule has 1 atom stereocenters. The topological polar surface area (TPSA) is 29.5 Å². The van der Waals surface area contributed by atoms with Crippen LogP contribution in [0.3, 0.4) is 0 Å². The lowest BCUT2D eigenvalue weighted by atomic mass is 9.99. The first kappa shape index (κ1) is 21.5. The van der Waals surface area contributed by atoms with E-state index in [4.69, 9.17) is 4.74 Å². The van der Waals surface area contributed by atoms with Gasteiger partial charge in [-0.3, -0.25) is 0 Å². The van der Waals surface area contributed by atoms with Crippen LogP contribution in [0, 0.1) is 5.92 Å². The average Bonchev–Trinajstić information content (AvgIpc) is 2.67. The van der Waals surface area contributed by atoms with Crippen molar-refractivity contribution in [3.8, 4) is 0 Å². The third-order valence-electron chi connectivity index (χ3n) is 4.52. The molecule has 0 aromatic heterocycles. The highest BCUT2D eigenvalue weighted by molar-refractivity contribution is 5.89. The zero-order valence-corrected chi connectivity index (χ0v) is 16.0. The first-order valence-electron chi connectivity index (χ1n) is 8.96. The van der Waals surface area contributed by atoms with E-state index in [1.54, 1.807) is 0 Å². The number of carbonyl (C=O) groups excluding carboxylic acids is 1. The summed E-state index contributed by atoms with van der Waals surface area (Å²) in [6, 6.07) is 14.2. The summed E-state index contributed by atoms with van der Waals surface area (Å²) in [5, 5.41) is 0. The predicted octanol–water partition coefficient (Wildman–Crippen LogP) is 5.58. The van der Waals surface area contributed by atoms with Crippen molar-refractivity contribution in [1.82, 2.24) is 0 Å². The summed E-state index contributed by atoms with van der Waals surface area (Å²) in [6.45, 7) is 6.92. The summed E-state index contributed by atoms with van der Waals surface area (Å²) in [7, 11) is 1.99. The highest BCUT2D eigenvalue weighted by Crippen LogP contribution is 2.29. The van der Waals surface area contributed by atoms with Crippen molar-refractivity contribution < 1.29 is 22.7 Å². The number of nitrogens with zero attached hydrogens (tertiary/aromatic N) is 1. The van der Waals surface area contributed by atoms with E-state index in [1.807, 2.05) is 44.3 Å². The van der Waals surface area contributed by atoms with Gasteiger partial charge in [-0.1, -0.05) is 43.3 Å². The average molecular weight is 391 g/mol. The Morgan fingerprint density at radius 2 is 1.82 bits per heavy atom. The van der Waals surface area contributed by atoms with Crippen LogP contribution in [0.4, 0.5) is 18.9 Å². The normalized spacial score (nSPS) is 12.3. The lowest BCUT2D eigenvalue weighted by Gasteiger charge is -2.24. The summed E-state index contributed by atoms with van der Waals surface area (Å²) < 4.78 is 43.3. The van der Waals surface area contributed by atoms with E-state index in [2.05, 4.69) is 11.5 Å². The molecule has 2 rings (SSSR count). The molecule has 0 spiro atoms. The molecule has 150 valence electrons. The van der Waals surface area contributed by atoms with E-state index in [0.29, 0.717) is 6.42 Å². The fraction of sp³-hybridized carbons (Fsp3) is 0.318. The number of alkyl halides is 3.